The minimum Gasteiger partial charge on any atom is -0.479 e. The highest BCUT2D eigenvalue weighted by Crippen LogP contribution is 2.32. The van der Waals surface area contributed by atoms with Gasteiger partial charge in [-0.1, -0.05) is 32.1 Å². The first-order chi connectivity index (χ1) is 7.02. The minimum atomic E-state index is 0.0381. The lowest BCUT2D eigenvalue weighted by atomic mass is 9.98. The molecule has 0 saturated carbocycles. The van der Waals surface area contributed by atoms with Crippen molar-refractivity contribution in [2.75, 3.05) is 7.11 Å². The highest BCUT2D eigenvalue weighted by molar-refractivity contribution is 7.18. The average molecular weight is 223 g/mol. The van der Waals surface area contributed by atoms with E-state index in [0.717, 1.165) is 15.4 Å². The molecule has 0 N–H and O–H groups in total. The van der Waals surface area contributed by atoms with E-state index < -0.39 is 0 Å². The van der Waals surface area contributed by atoms with E-state index in [0.29, 0.717) is 5.88 Å². The summed E-state index contributed by atoms with van der Waals surface area (Å²) in [5.74, 6) is 0.548. The zero-order chi connectivity index (χ0) is 11.1. The van der Waals surface area contributed by atoms with Crippen LogP contribution in [-0.4, -0.2) is 22.1 Å². The molecule has 0 aliphatic heterocycles. The van der Waals surface area contributed by atoms with Gasteiger partial charge in [-0.25, -0.2) is 9.97 Å². The molecule has 2 heterocycles. The first-order valence-corrected chi connectivity index (χ1v) is 5.50. The van der Waals surface area contributed by atoms with Gasteiger partial charge >= 0.3 is 0 Å². The number of ether oxygens (including phenoxy) is 1. The van der Waals surface area contributed by atoms with Crippen LogP contribution in [0.15, 0.2) is 6.33 Å². The van der Waals surface area contributed by atoms with Crippen molar-refractivity contribution < 1.29 is 4.74 Å². The van der Waals surface area contributed by atoms with Crippen LogP contribution in [0.5, 0.6) is 5.88 Å². The van der Waals surface area contributed by atoms with Crippen LogP contribution in [-0.2, 0) is 5.41 Å². The van der Waals surface area contributed by atoms with E-state index in [2.05, 4.69) is 35.7 Å². The summed E-state index contributed by atoms with van der Waals surface area (Å²) < 4.78 is 5.15. The van der Waals surface area contributed by atoms with E-state index >= 15 is 0 Å². The molecule has 80 valence electrons. The maximum absolute atomic E-state index is 5.15. The average Bonchev–Trinajstić information content (AvgIpc) is 2.59. The number of methoxy groups -OCH3 is 1. The summed E-state index contributed by atoms with van der Waals surface area (Å²) in [7, 11) is 1.60. The fourth-order valence-corrected chi connectivity index (χ4v) is 2.16. The largest absolute Gasteiger partial charge is 0.479 e. The van der Waals surface area contributed by atoms with Crippen LogP contribution in [0.25, 0.3) is 10.3 Å². The van der Waals surface area contributed by atoms with Crippen LogP contribution in [0.4, 0.5) is 0 Å². The summed E-state index contributed by atoms with van der Waals surface area (Å²) >= 11 is 1.59. The van der Waals surface area contributed by atoms with Crippen LogP contribution in [0, 0.1) is 0 Å². The van der Waals surface area contributed by atoms with Crippen LogP contribution >= 0.6 is 11.3 Å². The highest BCUT2D eigenvalue weighted by Gasteiger charge is 2.20. The van der Waals surface area contributed by atoms with Gasteiger partial charge in [0.25, 0.3) is 0 Å². The molecule has 2 aromatic rings. The van der Waals surface area contributed by atoms with Crippen LogP contribution in [0.2, 0.25) is 0 Å². The van der Waals surface area contributed by atoms with Gasteiger partial charge in [-0.05, 0) is 0 Å². The lowest BCUT2D eigenvalue weighted by molar-refractivity contribution is 0.401. The number of hydrogen-bond donors (Lipinski definition) is 0. The summed E-state index contributed by atoms with van der Waals surface area (Å²) in [5.41, 5.74) is 0.797. The quantitative estimate of drug-likeness (QED) is 0.744. The van der Waals surface area contributed by atoms with Crippen molar-refractivity contribution >= 4 is 21.7 Å². The van der Waals surface area contributed by atoms with Crippen LogP contribution < -0.4 is 4.74 Å². The van der Waals surface area contributed by atoms with Gasteiger partial charge in [0.2, 0.25) is 5.88 Å². The molecule has 4 nitrogen and oxygen atoms in total. The molecular formula is C10H13N3OS. The standard InChI is InChI=1S/C10H13N3OS/c1-10(2,3)9-13-6-7(14-4)11-5-12-8(6)15-9/h5H,1-4H3. The Balaban J connectivity index is 2.65. The Morgan fingerprint density at radius 1 is 1.27 bits per heavy atom. The predicted molar refractivity (Wildman–Crippen MR) is 60.5 cm³/mol. The predicted octanol–water partition coefficient (Wildman–Crippen LogP) is 2.39. The monoisotopic (exact) mass is 223 g/mol. The smallest absolute Gasteiger partial charge is 0.244 e. The van der Waals surface area contributed by atoms with E-state index in [1.54, 1.807) is 18.4 Å². The van der Waals surface area contributed by atoms with Gasteiger partial charge in [0.15, 0.2) is 10.3 Å². The molecule has 15 heavy (non-hydrogen) atoms. The molecule has 0 aliphatic rings. The molecule has 2 rings (SSSR count). The van der Waals surface area contributed by atoms with E-state index in [4.69, 9.17) is 4.74 Å². The molecular weight excluding hydrogens is 210 g/mol. The molecule has 0 saturated heterocycles. The molecule has 0 spiro atoms. The van der Waals surface area contributed by atoms with Gasteiger partial charge in [0.1, 0.15) is 11.3 Å². The molecule has 0 aliphatic carbocycles. The lowest BCUT2D eigenvalue weighted by Crippen LogP contribution is -2.09. The molecule has 0 aromatic carbocycles. The SMILES string of the molecule is COc1ncnc2sc(C(C)(C)C)nc12. The van der Waals surface area contributed by atoms with E-state index in [1.165, 1.54) is 6.33 Å². The van der Waals surface area contributed by atoms with E-state index in [9.17, 15) is 0 Å². The third kappa shape index (κ3) is 1.79. The minimum absolute atomic E-state index is 0.0381. The Bertz CT molecular complexity index is 487. The summed E-state index contributed by atoms with van der Waals surface area (Å²) in [6.07, 6.45) is 1.51. The first-order valence-electron chi connectivity index (χ1n) is 4.68. The fourth-order valence-electron chi connectivity index (χ4n) is 1.20. The first kappa shape index (κ1) is 10.3. The fraction of sp³-hybridized carbons (Fsp3) is 0.500. The Hall–Kier alpha value is -1.23. The molecule has 0 amide bonds. The number of nitrogens with zero attached hydrogens (tertiary/aromatic N) is 3. The Kier molecular flexibility index (Phi) is 2.34. The second-order valence-corrected chi connectivity index (χ2v) is 5.28. The van der Waals surface area contributed by atoms with Gasteiger partial charge in [-0.15, -0.1) is 0 Å². The zero-order valence-electron chi connectivity index (χ0n) is 9.24. The normalized spacial score (nSPS) is 12.0. The maximum atomic E-state index is 5.15. The lowest BCUT2D eigenvalue weighted by Gasteiger charge is -2.12. The number of aromatic nitrogens is 3. The van der Waals surface area contributed by atoms with Gasteiger partial charge < -0.3 is 4.74 Å². The van der Waals surface area contributed by atoms with Gasteiger partial charge in [-0.3, -0.25) is 0 Å². The molecule has 2 aromatic heterocycles. The third-order valence-electron chi connectivity index (χ3n) is 2.00. The molecule has 5 heteroatoms. The van der Waals surface area contributed by atoms with Gasteiger partial charge in [0.05, 0.1) is 7.11 Å². The second kappa shape index (κ2) is 3.41. The molecule has 0 fully saturated rings. The Labute approximate surface area is 92.4 Å². The number of hydrogen-bond acceptors (Lipinski definition) is 5. The highest BCUT2D eigenvalue weighted by atomic mass is 32.1. The number of thiazole rings is 1. The van der Waals surface area contributed by atoms with Crippen molar-refractivity contribution in [1.82, 2.24) is 15.0 Å². The van der Waals surface area contributed by atoms with Crippen molar-refractivity contribution in [1.29, 1.82) is 0 Å². The molecule has 0 unspecified atom stereocenters. The van der Waals surface area contributed by atoms with E-state index in [1.807, 2.05) is 0 Å². The summed E-state index contributed by atoms with van der Waals surface area (Å²) in [6.45, 7) is 6.39. The van der Waals surface area contributed by atoms with Crippen molar-refractivity contribution in [2.24, 2.45) is 0 Å². The maximum Gasteiger partial charge on any atom is 0.244 e. The summed E-state index contributed by atoms with van der Waals surface area (Å²) in [6, 6.07) is 0. The molecule has 0 radical (unpaired) electrons. The van der Waals surface area contributed by atoms with Gasteiger partial charge in [-0.2, -0.15) is 4.98 Å². The molecule has 0 atom stereocenters. The Morgan fingerprint density at radius 3 is 2.60 bits per heavy atom. The van der Waals surface area contributed by atoms with Gasteiger partial charge in [0, 0.05) is 5.41 Å². The second-order valence-electron chi connectivity index (χ2n) is 4.31. The third-order valence-corrected chi connectivity index (χ3v) is 3.39. The number of fused-ring (bicyclic) bond motifs is 1. The van der Waals surface area contributed by atoms with E-state index in [-0.39, 0.29) is 5.41 Å². The molecule has 0 bridgehead atoms. The topological polar surface area (TPSA) is 47.9 Å². The van der Waals surface area contributed by atoms with Crippen molar-refractivity contribution in [3.8, 4) is 5.88 Å². The number of rotatable bonds is 1. The van der Waals surface area contributed by atoms with Crippen molar-refractivity contribution in [2.45, 2.75) is 26.2 Å². The Morgan fingerprint density at radius 2 is 2.00 bits per heavy atom. The van der Waals surface area contributed by atoms with Crippen LogP contribution in [0.3, 0.4) is 0 Å². The zero-order valence-corrected chi connectivity index (χ0v) is 10.1. The summed E-state index contributed by atoms with van der Waals surface area (Å²) in [5, 5.41) is 1.05. The van der Waals surface area contributed by atoms with Crippen LogP contribution in [0.1, 0.15) is 25.8 Å². The van der Waals surface area contributed by atoms with Crippen molar-refractivity contribution in [3.05, 3.63) is 11.3 Å². The summed E-state index contributed by atoms with van der Waals surface area (Å²) in [4.78, 5) is 13.6. The van der Waals surface area contributed by atoms with Crippen molar-refractivity contribution in [3.63, 3.8) is 0 Å².